The Kier molecular flexibility index (Phi) is 4.14. The highest BCUT2D eigenvalue weighted by Crippen LogP contribution is 2.42. The summed E-state index contributed by atoms with van der Waals surface area (Å²) >= 11 is 0. The number of halogens is 2. The fourth-order valence-corrected chi connectivity index (χ4v) is 3.61. The Balaban J connectivity index is 1.56. The highest BCUT2D eigenvalue weighted by Gasteiger charge is 2.43. The average Bonchev–Trinajstić information content (AvgIpc) is 3.21. The van der Waals surface area contributed by atoms with Crippen LogP contribution in [0.15, 0.2) is 54.6 Å². The van der Waals surface area contributed by atoms with Gasteiger partial charge < -0.3 is 14.8 Å². The zero-order valence-electron chi connectivity index (χ0n) is 16.5. The largest absolute Gasteiger partial charge is 0.586 e. The van der Waals surface area contributed by atoms with Crippen LogP contribution in [0.2, 0.25) is 0 Å². The molecule has 2 aromatic heterocycles. The Bertz CT molecular complexity index is 1340. The molecular weight excluding hydrogens is 406 g/mol. The zero-order chi connectivity index (χ0) is 21.8. The number of hydrogen-bond acceptors (Lipinski definition) is 5. The van der Waals surface area contributed by atoms with Gasteiger partial charge in [-0.1, -0.05) is 30.3 Å². The number of aromatic nitrogens is 3. The van der Waals surface area contributed by atoms with E-state index in [1.165, 1.54) is 18.2 Å². The van der Waals surface area contributed by atoms with Crippen molar-refractivity contribution in [3.63, 3.8) is 0 Å². The number of pyridine rings is 1. The van der Waals surface area contributed by atoms with E-state index in [1.54, 1.807) is 24.7 Å². The third-order valence-corrected chi connectivity index (χ3v) is 4.94. The van der Waals surface area contributed by atoms with Crippen molar-refractivity contribution in [1.82, 2.24) is 14.8 Å². The van der Waals surface area contributed by atoms with Gasteiger partial charge in [0, 0.05) is 24.4 Å². The number of benzene rings is 2. The molecule has 1 aliphatic rings. The van der Waals surface area contributed by atoms with E-state index < -0.39 is 12.2 Å². The third kappa shape index (κ3) is 3.33. The molecule has 0 fully saturated rings. The molecule has 1 amide bonds. The molecule has 1 aliphatic heterocycles. The van der Waals surface area contributed by atoms with Crippen molar-refractivity contribution in [1.29, 1.82) is 0 Å². The zero-order valence-corrected chi connectivity index (χ0v) is 16.5. The third-order valence-electron chi connectivity index (χ3n) is 4.94. The molecule has 2 aromatic carbocycles. The van der Waals surface area contributed by atoms with Gasteiger partial charge in [0.25, 0.3) is 5.91 Å². The second-order valence-electron chi connectivity index (χ2n) is 7.11. The number of fused-ring (bicyclic) bond motifs is 2. The van der Waals surface area contributed by atoms with E-state index in [4.69, 9.17) is 0 Å². The van der Waals surface area contributed by atoms with Crippen LogP contribution in [0, 0.1) is 6.92 Å². The fraction of sp³-hybridized carbons (Fsp3) is 0.136. The predicted molar refractivity (Wildman–Crippen MR) is 109 cm³/mol. The second kappa shape index (κ2) is 6.76. The molecule has 5 rings (SSSR count). The SMILES string of the molecule is Cc1nn(C)c2nc(-c3ccccc3)cc(C(=O)Nc3ccc4c(c3)OC(F)(F)O4)c12. The van der Waals surface area contributed by atoms with Crippen LogP contribution in [0.1, 0.15) is 16.1 Å². The van der Waals surface area contributed by atoms with Crippen molar-refractivity contribution in [2.75, 3.05) is 5.32 Å². The summed E-state index contributed by atoms with van der Waals surface area (Å²) in [6.07, 6.45) is -3.72. The number of hydrogen-bond donors (Lipinski definition) is 1. The lowest BCUT2D eigenvalue weighted by molar-refractivity contribution is -0.286. The molecule has 0 radical (unpaired) electrons. The van der Waals surface area contributed by atoms with Gasteiger partial charge in [-0.25, -0.2) is 4.98 Å². The first-order valence-corrected chi connectivity index (χ1v) is 9.42. The average molecular weight is 422 g/mol. The first kappa shape index (κ1) is 19.0. The molecule has 0 saturated heterocycles. The molecule has 7 nitrogen and oxygen atoms in total. The molecule has 0 bridgehead atoms. The fourth-order valence-electron chi connectivity index (χ4n) is 3.61. The molecule has 0 unspecified atom stereocenters. The van der Waals surface area contributed by atoms with Gasteiger partial charge in [0.2, 0.25) is 0 Å². The maximum absolute atomic E-state index is 13.3. The lowest BCUT2D eigenvalue weighted by Crippen LogP contribution is -2.25. The van der Waals surface area contributed by atoms with E-state index in [-0.39, 0.29) is 17.2 Å². The van der Waals surface area contributed by atoms with E-state index in [0.717, 1.165) is 5.56 Å². The molecule has 1 N–H and O–H groups in total. The minimum atomic E-state index is -3.72. The van der Waals surface area contributed by atoms with Crippen LogP contribution in [-0.2, 0) is 7.05 Å². The highest BCUT2D eigenvalue weighted by molar-refractivity contribution is 6.13. The minimum Gasteiger partial charge on any atom is -0.395 e. The van der Waals surface area contributed by atoms with Crippen molar-refractivity contribution >= 4 is 22.6 Å². The number of amides is 1. The first-order chi connectivity index (χ1) is 14.8. The van der Waals surface area contributed by atoms with Gasteiger partial charge in [-0.05, 0) is 25.1 Å². The maximum Gasteiger partial charge on any atom is 0.586 e. The number of nitrogens with zero attached hydrogens (tertiary/aromatic N) is 3. The lowest BCUT2D eigenvalue weighted by atomic mass is 10.0. The molecule has 3 heterocycles. The number of carbonyl (C=O) groups excluding carboxylic acids is 1. The van der Waals surface area contributed by atoms with E-state index in [0.29, 0.717) is 28.0 Å². The Hall–Kier alpha value is -4.01. The van der Waals surface area contributed by atoms with Crippen LogP contribution >= 0.6 is 0 Å². The smallest absolute Gasteiger partial charge is 0.395 e. The summed E-state index contributed by atoms with van der Waals surface area (Å²) in [5.74, 6) is -0.666. The molecular formula is C22H16F2N4O3. The van der Waals surface area contributed by atoms with Crippen LogP contribution in [0.25, 0.3) is 22.3 Å². The van der Waals surface area contributed by atoms with Gasteiger partial charge >= 0.3 is 6.29 Å². The first-order valence-electron chi connectivity index (χ1n) is 9.42. The summed E-state index contributed by atoms with van der Waals surface area (Å²) < 4.78 is 37.0. The molecule has 31 heavy (non-hydrogen) atoms. The summed E-state index contributed by atoms with van der Waals surface area (Å²) in [6, 6.07) is 15.2. The molecule has 0 spiro atoms. The van der Waals surface area contributed by atoms with Crippen LogP contribution in [0.5, 0.6) is 11.5 Å². The number of alkyl halides is 2. The second-order valence-corrected chi connectivity index (χ2v) is 7.11. The van der Waals surface area contributed by atoms with Crippen LogP contribution in [0.3, 0.4) is 0 Å². The van der Waals surface area contributed by atoms with Gasteiger partial charge in [-0.3, -0.25) is 9.48 Å². The van der Waals surface area contributed by atoms with Crippen molar-refractivity contribution in [2.24, 2.45) is 7.05 Å². The summed E-state index contributed by atoms with van der Waals surface area (Å²) in [4.78, 5) is 17.9. The van der Waals surface area contributed by atoms with Gasteiger partial charge in [0.1, 0.15) is 0 Å². The maximum atomic E-state index is 13.3. The Labute approximate surface area is 175 Å². The Morgan fingerprint density at radius 2 is 1.81 bits per heavy atom. The molecule has 0 atom stereocenters. The van der Waals surface area contributed by atoms with Crippen molar-refractivity contribution in [2.45, 2.75) is 13.2 Å². The molecule has 0 saturated carbocycles. The van der Waals surface area contributed by atoms with Crippen molar-refractivity contribution in [3.05, 3.63) is 65.9 Å². The summed E-state index contributed by atoms with van der Waals surface area (Å²) in [7, 11) is 1.76. The number of rotatable bonds is 3. The van der Waals surface area contributed by atoms with Crippen LogP contribution in [0.4, 0.5) is 14.5 Å². The molecule has 9 heteroatoms. The number of anilines is 1. The highest BCUT2D eigenvalue weighted by atomic mass is 19.3. The quantitative estimate of drug-likeness (QED) is 0.525. The molecule has 156 valence electrons. The summed E-state index contributed by atoms with van der Waals surface area (Å²) in [6.45, 7) is 1.80. The van der Waals surface area contributed by atoms with Gasteiger partial charge in [0.05, 0.1) is 22.3 Å². The predicted octanol–water partition coefficient (Wildman–Crippen LogP) is 4.52. The summed E-state index contributed by atoms with van der Waals surface area (Å²) in [5, 5.41) is 7.75. The number of nitrogens with one attached hydrogen (secondary N) is 1. The molecule has 0 aliphatic carbocycles. The van der Waals surface area contributed by atoms with E-state index in [2.05, 4.69) is 24.9 Å². The number of aryl methyl sites for hydroxylation is 2. The van der Waals surface area contributed by atoms with Gasteiger partial charge in [0.15, 0.2) is 17.1 Å². The van der Waals surface area contributed by atoms with Crippen LogP contribution < -0.4 is 14.8 Å². The van der Waals surface area contributed by atoms with E-state index in [1.807, 2.05) is 30.3 Å². The summed E-state index contributed by atoms with van der Waals surface area (Å²) in [5.41, 5.74) is 3.35. The normalized spacial score (nSPS) is 14.1. The van der Waals surface area contributed by atoms with Crippen molar-refractivity contribution < 1.29 is 23.0 Å². The standard InChI is InChI=1S/C22H16F2N4O3/c1-12-19-15(11-16(13-6-4-3-5-7-13)26-20(19)28(2)27-12)21(29)25-14-8-9-17-18(10-14)31-22(23,24)30-17/h3-11H,1-2H3,(H,25,29). The van der Waals surface area contributed by atoms with E-state index in [9.17, 15) is 13.6 Å². The topological polar surface area (TPSA) is 78.3 Å². The number of ether oxygens (including phenoxy) is 2. The number of carbonyl (C=O) groups is 1. The van der Waals surface area contributed by atoms with E-state index >= 15 is 0 Å². The Morgan fingerprint density at radius 1 is 1.06 bits per heavy atom. The monoisotopic (exact) mass is 422 g/mol. The minimum absolute atomic E-state index is 0.0937. The lowest BCUT2D eigenvalue weighted by Gasteiger charge is -2.10. The van der Waals surface area contributed by atoms with Crippen LogP contribution in [-0.4, -0.2) is 27.0 Å². The van der Waals surface area contributed by atoms with Gasteiger partial charge in [-0.2, -0.15) is 5.10 Å². The Morgan fingerprint density at radius 3 is 2.58 bits per heavy atom. The molecule has 4 aromatic rings. The van der Waals surface area contributed by atoms with Gasteiger partial charge in [-0.15, -0.1) is 8.78 Å². The van der Waals surface area contributed by atoms with Crippen molar-refractivity contribution in [3.8, 4) is 22.8 Å².